The number of rotatable bonds is 13. The monoisotopic (exact) mass is 244 g/mol. The lowest BCUT2D eigenvalue weighted by Crippen LogP contribution is -2.02. The Morgan fingerprint density at radius 3 is 2.35 bits per heavy atom. The summed E-state index contributed by atoms with van der Waals surface area (Å²) in [5, 5.41) is 8.54. The first-order valence-electron chi connectivity index (χ1n) is 6.83. The Morgan fingerprint density at radius 2 is 1.59 bits per heavy atom. The highest BCUT2D eigenvalue weighted by Crippen LogP contribution is 2.02. The molecule has 17 heavy (non-hydrogen) atoms. The Balaban J connectivity index is 2.94. The summed E-state index contributed by atoms with van der Waals surface area (Å²) < 4.78 is 10.7. The molecule has 3 heteroatoms. The molecule has 102 valence electrons. The lowest BCUT2D eigenvalue weighted by molar-refractivity contribution is -0.0531. The molecule has 0 aromatic heterocycles. The second kappa shape index (κ2) is 15.6. The van der Waals surface area contributed by atoms with Crippen molar-refractivity contribution in [1.29, 1.82) is 0 Å². The molecule has 0 saturated carbocycles. The molecule has 3 nitrogen and oxygen atoms in total. The zero-order chi connectivity index (χ0) is 12.6. The van der Waals surface area contributed by atoms with E-state index in [9.17, 15) is 0 Å². The Labute approximate surface area is 106 Å². The van der Waals surface area contributed by atoms with Gasteiger partial charge in [0, 0.05) is 13.2 Å². The molecule has 0 atom stereocenters. The highest BCUT2D eigenvalue weighted by molar-refractivity contribution is 4.80. The van der Waals surface area contributed by atoms with Gasteiger partial charge in [-0.25, -0.2) is 0 Å². The van der Waals surface area contributed by atoms with Crippen molar-refractivity contribution in [3.63, 3.8) is 0 Å². The summed E-state index contributed by atoms with van der Waals surface area (Å²) >= 11 is 0. The van der Waals surface area contributed by atoms with Crippen LogP contribution in [0.1, 0.15) is 51.9 Å². The third-order valence-corrected chi connectivity index (χ3v) is 2.45. The average molecular weight is 244 g/mol. The van der Waals surface area contributed by atoms with Crippen LogP contribution in [0.15, 0.2) is 12.2 Å². The van der Waals surface area contributed by atoms with Crippen molar-refractivity contribution in [2.24, 2.45) is 0 Å². The van der Waals surface area contributed by atoms with E-state index in [1.54, 1.807) is 0 Å². The van der Waals surface area contributed by atoms with Crippen LogP contribution in [-0.2, 0) is 9.47 Å². The fourth-order valence-corrected chi connectivity index (χ4v) is 1.45. The van der Waals surface area contributed by atoms with Gasteiger partial charge in [-0.15, -0.1) is 0 Å². The molecule has 0 aliphatic heterocycles. The number of unbranched alkanes of at least 4 members (excludes halogenated alkanes) is 4. The van der Waals surface area contributed by atoms with Gasteiger partial charge in [-0.3, -0.25) is 0 Å². The topological polar surface area (TPSA) is 38.7 Å². The van der Waals surface area contributed by atoms with Gasteiger partial charge >= 0.3 is 0 Å². The molecule has 0 unspecified atom stereocenters. The quantitative estimate of drug-likeness (QED) is 0.307. The van der Waals surface area contributed by atoms with Gasteiger partial charge in [-0.2, -0.15) is 0 Å². The molecule has 0 aliphatic rings. The van der Waals surface area contributed by atoms with Crippen molar-refractivity contribution in [3.8, 4) is 0 Å². The summed E-state index contributed by atoms with van der Waals surface area (Å²) in [6.07, 6.45) is 11.9. The van der Waals surface area contributed by atoms with Crippen molar-refractivity contribution in [2.45, 2.75) is 51.9 Å². The van der Waals surface area contributed by atoms with Crippen LogP contribution in [0, 0.1) is 0 Å². The minimum atomic E-state index is 0.221. The Hall–Kier alpha value is -0.380. The molecule has 0 bridgehead atoms. The molecule has 0 fully saturated rings. The molecule has 0 heterocycles. The third-order valence-electron chi connectivity index (χ3n) is 2.45. The standard InChI is InChI=1S/C14H28O3/c1-2-3-4-6-9-12-16-14-17-13-10-7-5-8-11-15/h5,7,15H,2-4,6,8-14H2,1H3/b7-5-. The maximum absolute atomic E-state index is 8.54. The van der Waals surface area contributed by atoms with Gasteiger partial charge in [0.1, 0.15) is 6.79 Å². The Kier molecular flexibility index (Phi) is 15.3. The van der Waals surface area contributed by atoms with E-state index >= 15 is 0 Å². The van der Waals surface area contributed by atoms with Crippen LogP contribution in [0.25, 0.3) is 0 Å². The van der Waals surface area contributed by atoms with E-state index in [0.29, 0.717) is 13.4 Å². The summed E-state index contributed by atoms with van der Waals surface area (Å²) in [7, 11) is 0. The molecule has 0 radical (unpaired) electrons. The zero-order valence-electron chi connectivity index (χ0n) is 11.2. The van der Waals surface area contributed by atoms with Crippen LogP contribution in [0.5, 0.6) is 0 Å². The zero-order valence-corrected chi connectivity index (χ0v) is 11.2. The van der Waals surface area contributed by atoms with Crippen LogP contribution < -0.4 is 0 Å². The number of hydrogen-bond acceptors (Lipinski definition) is 3. The van der Waals surface area contributed by atoms with Crippen LogP contribution in [-0.4, -0.2) is 31.7 Å². The van der Waals surface area contributed by atoms with Crippen molar-refractivity contribution in [3.05, 3.63) is 12.2 Å². The molecule has 1 N–H and O–H groups in total. The van der Waals surface area contributed by atoms with Crippen molar-refractivity contribution < 1.29 is 14.6 Å². The lowest BCUT2D eigenvalue weighted by atomic mass is 10.2. The van der Waals surface area contributed by atoms with Crippen LogP contribution in [0.2, 0.25) is 0 Å². The van der Waals surface area contributed by atoms with E-state index in [1.165, 1.54) is 25.7 Å². The first-order chi connectivity index (χ1) is 8.41. The highest BCUT2D eigenvalue weighted by atomic mass is 16.7. The van der Waals surface area contributed by atoms with E-state index in [2.05, 4.69) is 6.92 Å². The molecule has 0 rings (SSSR count). The molecule has 0 saturated heterocycles. The van der Waals surface area contributed by atoms with Gasteiger partial charge in [0.05, 0.1) is 6.61 Å². The van der Waals surface area contributed by atoms with E-state index in [4.69, 9.17) is 14.6 Å². The van der Waals surface area contributed by atoms with Gasteiger partial charge in [0.2, 0.25) is 0 Å². The van der Waals surface area contributed by atoms with Crippen molar-refractivity contribution in [1.82, 2.24) is 0 Å². The van der Waals surface area contributed by atoms with Gasteiger partial charge < -0.3 is 14.6 Å². The molecule has 0 aromatic rings. The van der Waals surface area contributed by atoms with Gasteiger partial charge in [-0.1, -0.05) is 44.8 Å². The van der Waals surface area contributed by atoms with Crippen molar-refractivity contribution in [2.75, 3.05) is 26.6 Å². The molecular formula is C14H28O3. The molecule has 0 aliphatic carbocycles. The smallest absolute Gasteiger partial charge is 0.146 e. The fourth-order valence-electron chi connectivity index (χ4n) is 1.45. The van der Waals surface area contributed by atoms with Crippen LogP contribution >= 0.6 is 0 Å². The summed E-state index contributed by atoms with van der Waals surface area (Å²) in [6.45, 7) is 4.35. The van der Waals surface area contributed by atoms with Crippen LogP contribution in [0.3, 0.4) is 0 Å². The van der Waals surface area contributed by atoms with E-state index < -0.39 is 0 Å². The number of aliphatic hydroxyl groups is 1. The number of hydrogen-bond donors (Lipinski definition) is 1. The Bertz CT molecular complexity index is 158. The predicted octanol–water partition coefficient (Wildman–Crippen LogP) is 3.28. The molecular weight excluding hydrogens is 216 g/mol. The summed E-state index contributed by atoms with van der Waals surface area (Å²) in [5.74, 6) is 0. The highest BCUT2D eigenvalue weighted by Gasteiger charge is 1.90. The predicted molar refractivity (Wildman–Crippen MR) is 71.0 cm³/mol. The first-order valence-corrected chi connectivity index (χ1v) is 6.83. The normalized spacial score (nSPS) is 11.4. The average Bonchev–Trinajstić information content (AvgIpc) is 2.35. The Morgan fingerprint density at radius 1 is 0.882 bits per heavy atom. The molecule has 0 spiro atoms. The van der Waals surface area contributed by atoms with Gasteiger partial charge in [-0.05, 0) is 19.3 Å². The number of aliphatic hydroxyl groups excluding tert-OH is 1. The second-order valence-electron chi connectivity index (χ2n) is 4.12. The first kappa shape index (κ1) is 16.6. The summed E-state index contributed by atoms with van der Waals surface area (Å²) in [6, 6.07) is 0. The number of ether oxygens (including phenoxy) is 2. The van der Waals surface area contributed by atoms with Crippen molar-refractivity contribution >= 4 is 0 Å². The fraction of sp³-hybridized carbons (Fsp3) is 0.857. The lowest BCUT2D eigenvalue weighted by Gasteiger charge is -2.04. The van der Waals surface area contributed by atoms with E-state index in [0.717, 1.165) is 25.9 Å². The SMILES string of the molecule is CCCCCCCOCOCC/C=C\CCO. The van der Waals surface area contributed by atoms with Crippen LogP contribution in [0.4, 0.5) is 0 Å². The van der Waals surface area contributed by atoms with Gasteiger partial charge in [0.15, 0.2) is 0 Å². The van der Waals surface area contributed by atoms with Gasteiger partial charge in [0.25, 0.3) is 0 Å². The maximum Gasteiger partial charge on any atom is 0.146 e. The largest absolute Gasteiger partial charge is 0.396 e. The van der Waals surface area contributed by atoms with E-state index in [-0.39, 0.29) is 6.61 Å². The third kappa shape index (κ3) is 15.6. The summed E-state index contributed by atoms with van der Waals surface area (Å²) in [4.78, 5) is 0. The molecule has 0 amide bonds. The van der Waals surface area contributed by atoms with E-state index in [1.807, 2.05) is 12.2 Å². The summed E-state index contributed by atoms with van der Waals surface area (Å²) in [5.41, 5.74) is 0. The minimum Gasteiger partial charge on any atom is -0.396 e. The maximum atomic E-state index is 8.54. The second-order valence-corrected chi connectivity index (χ2v) is 4.12. The molecule has 0 aromatic carbocycles. The minimum absolute atomic E-state index is 0.221.